The van der Waals surface area contributed by atoms with E-state index >= 15 is 0 Å². The molecule has 0 heterocycles. The minimum absolute atomic E-state index is 0. The summed E-state index contributed by atoms with van der Waals surface area (Å²) < 4.78 is 0. The molecule has 0 atom stereocenters. The van der Waals surface area contributed by atoms with E-state index in [9.17, 15) is 15.3 Å². The summed E-state index contributed by atoms with van der Waals surface area (Å²) in [7, 11) is 0. The Labute approximate surface area is 165 Å². The molecule has 0 fully saturated rings. The van der Waals surface area contributed by atoms with Crippen molar-refractivity contribution in [2.45, 2.75) is 0 Å². The summed E-state index contributed by atoms with van der Waals surface area (Å²) in [5, 5.41) is 28.8. The van der Waals surface area contributed by atoms with Crippen LogP contribution in [0.3, 0.4) is 0 Å². The molecule has 4 aromatic carbocycles. The fraction of sp³-hybridized carbons (Fsp3) is 0. The molecule has 0 aliphatic rings. The Kier molecular flexibility index (Phi) is 6.77. The first-order valence-electron chi connectivity index (χ1n) is 7.89. The molecule has 3 nitrogen and oxygen atoms in total. The van der Waals surface area contributed by atoms with Gasteiger partial charge >= 0.3 is 0 Å². The van der Waals surface area contributed by atoms with Gasteiger partial charge in [0.15, 0.2) is 0 Å². The summed E-state index contributed by atoms with van der Waals surface area (Å²) in [5.74, 6) is 0.584. The normalized spacial score (nSPS) is 9.69. The second-order valence-corrected chi connectivity index (χ2v) is 5.56. The van der Waals surface area contributed by atoms with Gasteiger partial charge in [-0.25, -0.2) is 0 Å². The third-order valence-corrected chi connectivity index (χ3v) is 3.82. The van der Waals surface area contributed by atoms with E-state index in [1.807, 2.05) is 36.4 Å². The Morgan fingerprint density at radius 1 is 0.615 bits per heavy atom. The summed E-state index contributed by atoms with van der Waals surface area (Å²) in [6, 6.07) is 27.0. The van der Waals surface area contributed by atoms with Gasteiger partial charge in [0.1, 0.15) is 11.5 Å². The first kappa shape index (κ1) is 19.5. The molecule has 4 aromatic rings. The maximum absolute atomic E-state index is 10.1. The molecule has 4 heteroatoms. The van der Waals surface area contributed by atoms with Crippen LogP contribution in [0.15, 0.2) is 91.0 Å². The van der Waals surface area contributed by atoms with Gasteiger partial charge in [-0.2, -0.15) is 0 Å². The van der Waals surface area contributed by atoms with E-state index in [0.717, 1.165) is 22.3 Å². The van der Waals surface area contributed by atoms with Crippen molar-refractivity contribution in [1.29, 1.82) is 0 Å². The van der Waals surface area contributed by atoms with E-state index in [0.29, 0.717) is 0 Å². The molecule has 0 aliphatic heterocycles. The third-order valence-electron chi connectivity index (χ3n) is 3.82. The average molecular weight is 431 g/mol. The molecule has 0 saturated heterocycles. The number of benzene rings is 2. The predicted octanol–water partition coefficient (Wildman–Crippen LogP) is 5.26. The minimum atomic E-state index is 0. The molecule has 3 N–H and O–H groups in total. The topological polar surface area (TPSA) is 60.7 Å². The summed E-state index contributed by atoms with van der Waals surface area (Å²) in [6.45, 7) is 0. The van der Waals surface area contributed by atoms with Crippen LogP contribution in [0.25, 0.3) is 22.3 Å². The molecule has 0 spiro atoms. The second kappa shape index (κ2) is 9.03. The van der Waals surface area contributed by atoms with Gasteiger partial charge in [-0.15, -0.1) is 23.8 Å². The Hall–Kier alpha value is -2.84. The molecule has 0 aliphatic carbocycles. The van der Waals surface area contributed by atoms with Crippen LogP contribution in [-0.2, 0) is 19.5 Å². The summed E-state index contributed by atoms with van der Waals surface area (Å²) in [5.41, 5.74) is 3.34. The molecule has 138 valence electrons. The van der Waals surface area contributed by atoms with Crippen LogP contribution < -0.4 is 0 Å². The van der Waals surface area contributed by atoms with Gasteiger partial charge in [-0.05, 0) is 24.3 Å². The molecular formula is C22H18O3Ru-6. The molecule has 4 rings (SSSR count). The monoisotopic (exact) mass is 432 g/mol. The second-order valence-electron chi connectivity index (χ2n) is 5.56. The van der Waals surface area contributed by atoms with E-state index in [1.54, 1.807) is 54.6 Å². The van der Waals surface area contributed by atoms with Crippen LogP contribution >= 0.6 is 0 Å². The number of rotatable bonds is 2. The van der Waals surface area contributed by atoms with Gasteiger partial charge in [0, 0.05) is 25.2 Å². The zero-order chi connectivity index (χ0) is 17.6. The Balaban J connectivity index is 0.000000351. The van der Waals surface area contributed by atoms with Crippen molar-refractivity contribution in [3.05, 3.63) is 91.0 Å². The van der Waals surface area contributed by atoms with Crippen LogP contribution in [0.4, 0.5) is 0 Å². The van der Waals surface area contributed by atoms with E-state index in [2.05, 4.69) is 0 Å². The van der Waals surface area contributed by atoms with Crippen LogP contribution in [0.2, 0.25) is 0 Å². The van der Waals surface area contributed by atoms with Crippen molar-refractivity contribution in [2.24, 2.45) is 0 Å². The summed E-state index contributed by atoms with van der Waals surface area (Å²) in [4.78, 5) is 0. The molecule has 0 unspecified atom stereocenters. The van der Waals surface area contributed by atoms with Crippen LogP contribution in [-0.4, -0.2) is 15.3 Å². The van der Waals surface area contributed by atoms with Crippen molar-refractivity contribution in [3.63, 3.8) is 0 Å². The maximum Gasteiger partial charge on any atom is 0.114 e. The fourth-order valence-corrected chi connectivity index (χ4v) is 2.60. The fourth-order valence-electron chi connectivity index (χ4n) is 2.60. The number of phenols is 2. The quantitative estimate of drug-likeness (QED) is 0.300. The van der Waals surface area contributed by atoms with Gasteiger partial charge in [0.25, 0.3) is 0 Å². The SMILES string of the molecule is Oc1ccc(-c2c(O)cc[c-]2-c2ccc(O)cc2)cc1.[Ru].[cH-]1[cH-][cH-][cH-][cH-]1. The van der Waals surface area contributed by atoms with Crippen molar-refractivity contribution in [1.82, 2.24) is 0 Å². The molecule has 26 heavy (non-hydrogen) atoms. The zero-order valence-electron chi connectivity index (χ0n) is 13.9. The van der Waals surface area contributed by atoms with Gasteiger partial charge < -0.3 is 45.7 Å². The molecule has 0 bridgehead atoms. The predicted molar refractivity (Wildman–Crippen MR) is 99.9 cm³/mol. The van der Waals surface area contributed by atoms with Gasteiger partial charge in [0.2, 0.25) is 0 Å². The van der Waals surface area contributed by atoms with Crippen LogP contribution in [0.5, 0.6) is 17.2 Å². The van der Waals surface area contributed by atoms with E-state index in [1.165, 1.54) is 0 Å². The van der Waals surface area contributed by atoms with E-state index in [4.69, 9.17) is 0 Å². The molecule has 0 saturated carbocycles. The van der Waals surface area contributed by atoms with Crippen LogP contribution in [0, 0.1) is 0 Å². The Morgan fingerprint density at radius 2 is 1.08 bits per heavy atom. The summed E-state index contributed by atoms with van der Waals surface area (Å²) in [6.07, 6.45) is 0. The first-order chi connectivity index (χ1) is 12.1. The van der Waals surface area contributed by atoms with Gasteiger partial charge in [-0.3, -0.25) is 0 Å². The molecule has 0 amide bonds. The number of hydrogen-bond donors (Lipinski definition) is 3. The van der Waals surface area contributed by atoms with Crippen molar-refractivity contribution >= 4 is 0 Å². The Morgan fingerprint density at radius 3 is 1.58 bits per heavy atom. The number of aromatic hydroxyl groups is 3. The molecule has 0 aromatic heterocycles. The van der Waals surface area contributed by atoms with Crippen molar-refractivity contribution < 1.29 is 34.8 Å². The van der Waals surface area contributed by atoms with Crippen LogP contribution in [0.1, 0.15) is 0 Å². The molecule has 0 radical (unpaired) electrons. The maximum atomic E-state index is 10.1. The minimum Gasteiger partial charge on any atom is -0.748 e. The number of hydrogen-bond acceptors (Lipinski definition) is 3. The van der Waals surface area contributed by atoms with Gasteiger partial charge in [-0.1, -0.05) is 34.9 Å². The van der Waals surface area contributed by atoms with Crippen molar-refractivity contribution in [2.75, 3.05) is 0 Å². The number of phenolic OH excluding ortho intramolecular Hbond substituents is 2. The van der Waals surface area contributed by atoms with E-state index in [-0.39, 0.29) is 36.7 Å². The van der Waals surface area contributed by atoms with Gasteiger partial charge in [0.05, 0.1) is 0 Å². The summed E-state index contributed by atoms with van der Waals surface area (Å²) >= 11 is 0. The zero-order valence-corrected chi connectivity index (χ0v) is 15.6. The smallest absolute Gasteiger partial charge is 0.114 e. The Bertz CT molecular complexity index is 888. The standard InChI is InChI=1S/C17H13O3.C5H5.Ru/c18-13-5-1-11(2-6-13)15-9-10-16(20)17(15)12-3-7-14(19)8-4-12;1-2-4-5-3-1;/h1-10,18-20H;1-5H;/q-1;-5;. The first-order valence-corrected chi connectivity index (χ1v) is 7.89. The average Bonchev–Trinajstić information content (AvgIpc) is 3.30. The van der Waals surface area contributed by atoms with E-state index < -0.39 is 0 Å². The van der Waals surface area contributed by atoms with Crippen molar-refractivity contribution in [3.8, 4) is 39.5 Å². The molecular weight excluding hydrogens is 413 g/mol. The largest absolute Gasteiger partial charge is 0.748 e. The third kappa shape index (κ3) is 4.62.